The van der Waals surface area contributed by atoms with Gasteiger partial charge in [-0.3, -0.25) is 4.90 Å². The molecule has 1 aliphatic carbocycles. The van der Waals surface area contributed by atoms with E-state index in [0.29, 0.717) is 5.92 Å². The second kappa shape index (κ2) is 5.20. The molecule has 21 heavy (non-hydrogen) atoms. The van der Waals surface area contributed by atoms with Gasteiger partial charge in [-0.1, -0.05) is 0 Å². The van der Waals surface area contributed by atoms with Crippen molar-refractivity contribution in [2.45, 2.75) is 44.1 Å². The standard InChI is InChI=1S/C18H25NO2/c1-20-13-10-15-14-6-4-8-19-7-3-5-12(18(14)19)9-16(15)17(11-13)21-2/h10-12,14,18H,3-9H2,1-2H3. The monoisotopic (exact) mass is 287 g/mol. The number of piperidine rings is 2. The maximum Gasteiger partial charge on any atom is 0.126 e. The molecule has 2 saturated heterocycles. The van der Waals surface area contributed by atoms with Gasteiger partial charge in [-0.15, -0.1) is 0 Å². The number of benzene rings is 1. The number of ether oxygens (including phenoxy) is 2. The van der Waals surface area contributed by atoms with Crippen LogP contribution >= 0.6 is 0 Å². The molecule has 0 spiro atoms. The normalized spacial score (nSPS) is 31.2. The number of methoxy groups -OCH3 is 2. The molecular formula is C18H25NO2. The van der Waals surface area contributed by atoms with E-state index in [-0.39, 0.29) is 0 Å². The SMILES string of the molecule is COc1cc(OC)c2c(c1)C1CCCN3CCCC(C2)C13. The Morgan fingerprint density at radius 1 is 1.05 bits per heavy atom. The van der Waals surface area contributed by atoms with E-state index in [2.05, 4.69) is 17.0 Å². The van der Waals surface area contributed by atoms with E-state index < -0.39 is 0 Å². The molecule has 3 atom stereocenters. The smallest absolute Gasteiger partial charge is 0.126 e. The van der Waals surface area contributed by atoms with Gasteiger partial charge in [0.15, 0.2) is 0 Å². The Balaban J connectivity index is 1.82. The quantitative estimate of drug-likeness (QED) is 0.833. The fraction of sp³-hybridized carbons (Fsp3) is 0.667. The van der Waals surface area contributed by atoms with Crippen LogP contribution in [0.25, 0.3) is 0 Å². The Morgan fingerprint density at radius 2 is 1.86 bits per heavy atom. The van der Waals surface area contributed by atoms with E-state index in [1.807, 2.05) is 0 Å². The highest BCUT2D eigenvalue weighted by molar-refractivity contribution is 5.50. The first-order valence-electron chi connectivity index (χ1n) is 8.30. The van der Waals surface area contributed by atoms with Gasteiger partial charge in [0, 0.05) is 18.0 Å². The molecule has 4 rings (SSSR count). The average molecular weight is 287 g/mol. The molecule has 3 aliphatic rings. The Kier molecular flexibility index (Phi) is 3.33. The molecule has 0 bridgehead atoms. The molecule has 114 valence electrons. The molecule has 0 aromatic heterocycles. The van der Waals surface area contributed by atoms with E-state index >= 15 is 0 Å². The van der Waals surface area contributed by atoms with E-state index in [1.165, 1.54) is 56.3 Å². The fourth-order valence-corrected chi connectivity index (χ4v) is 5.02. The molecule has 1 aromatic carbocycles. The lowest BCUT2D eigenvalue weighted by Gasteiger charge is -2.52. The minimum absolute atomic E-state index is 0.678. The minimum atomic E-state index is 0.678. The zero-order chi connectivity index (χ0) is 14.4. The highest BCUT2D eigenvalue weighted by atomic mass is 16.5. The lowest BCUT2D eigenvalue weighted by molar-refractivity contribution is 0.0344. The van der Waals surface area contributed by atoms with Crippen LogP contribution in [0.15, 0.2) is 12.1 Å². The first kappa shape index (κ1) is 13.4. The summed E-state index contributed by atoms with van der Waals surface area (Å²) in [5.41, 5.74) is 2.95. The van der Waals surface area contributed by atoms with E-state index in [0.717, 1.165) is 23.5 Å². The average Bonchev–Trinajstić information content (AvgIpc) is 2.54. The van der Waals surface area contributed by atoms with Crippen LogP contribution in [0.3, 0.4) is 0 Å². The van der Waals surface area contributed by atoms with Crippen LogP contribution in [0.1, 0.15) is 42.7 Å². The molecule has 2 fully saturated rings. The van der Waals surface area contributed by atoms with Crippen LogP contribution in [-0.4, -0.2) is 38.3 Å². The van der Waals surface area contributed by atoms with Gasteiger partial charge in [0.05, 0.1) is 14.2 Å². The van der Waals surface area contributed by atoms with Gasteiger partial charge in [-0.05, 0) is 68.3 Å². The summed E-state index contributed by atoms with van der Waals surface area (Å²) in [6.07, 6.45) is 6.57. The molecule has 3 unspecified atom stereocenters. The van der Waals surface area contributed by atoms with Crippen LogP contribution < -0.4 is 9.47 Å². The topological polar surface area (TPSA) is 21.7 Å². The summed E-state index contributed by atoms with van der Waals surface area (Å²) in [6.45, 7) is 2.60. The summed E-state index contributed by atoms with van der Waals surface area (Å²) in [6, 6.07) is 5.09. The Morgan fingerprint density at radius 3 is 2.62 bits per heavy atom. The maximum absolute atomic E-state index is 5.68. The molecule has 3 heteroatoms. The fourth-order valence-electron chi connectivity index (χ4n) is 5.02. The van der Waals surface area contributed by atoms with Crippen molar-refractivity contribution in [1.82, 2.24) is 4.90 Å². The highest BCUT2D eigenvalue weighted by Crippen LogP contribution is 2.49. The number of fused-ring (bicyclic) bond motifs is 2. The molecular weight excluding hydrogens is 262 g/mol. The zero-order valence-electron chi connectivity index (χ0n) is 13.1. The predicted molar refractivity (Wildman–Crippen MR) is 83.3 cm³/mol. The molecule has 0 amide bonds. The second-order valence-corrected chi connectivity index (χ2v) is 6.78. The highest BCUT2D eigenvalue weighted by Gasteiger charge is 2.44. The summed E-state index contributed by atoms with van der Waals surface area (Å²) in [5.74, 6) is 3.47. The number of hydrogen-bond acceptors (Lipinski definition) is 3. The van der Waals surface area contributed by atoms with Gasteiger partial charge in [0.1, 0.15) is 11.5 Å². The van der Waals surface area contributed by atoms with Crippen molar-refractivity contribution in [1.29, 1.82) is 0 Å². The van der Waals surface area contributed by atoms with Crippen molar-refractivity contribution in [3.8, 4) is 11.5 Å². The number of rotatable bonds is 2. The molecule has 0 saturated carbocycles. The zero-order valence-corrected chi connectivity index (χ0v) is 13.1. The summed E-state index contributed by atoms with van der Waals surface area (Å²) >= 11 is 0. The third kappa shape index (κ3) is 2.05. The van der Waals surface area contributed by atoms with E-state index in [9.17, 15) is 0 Å². The van der Waals surface area contributed by atoms with E-state index in [4.69, 9.17) is 9.47 Å². The summed E-state index contributed by atoms with van der Waals surface area (Å²) in [5, 5.41) is 0. The number of hydrogen-bond donors (Lipinski definition) is 0. The third-order valence-corrected chi connectivity index (χ3v) is 5.84. The molecule has 2 aliphatic heterocycles. The van der Waals surface area contributed by atoms with Crippen molar-refractivity contribution in [2.75, 3.05) is 27.3 Å². The van der Waals surface area contributed by atoms with Gasteiger partial charge in [0.25, 0.3) is 0 Å². The maximum atomic E-state index is 5.68. The first-order chi connectivity index (χ1) is 10.3. The van der Waals surface area contributed by atoms with Crippen molar-refractivity contribution >= 4 is 0 Å². The van der Waals surface area contributed by atoms with E-state index in [1.54, 1.807) is 14.2 Å². The molecule has 3 nitrogen and oxygen atoms in total. The van der Waals surface area contributed by atoms with Crippen LogP contribution in [-0.2, 0) is 6.42 Å². The van der Waals surface area contributed by atoms with Gasteiger partial charge >= 0.3 is 0 Å². The Hall–Kier alpha value is -1.22. The lowest BCUT2D eigenvalue weighted by atomic mass is 9.66. The van der Waals surface area contributed by atoms with Crippen molar-refractivity contribution < 1.29 is 9.47 Å². The minimum Gasteiger partial charge on any atom is -0.497 e. The lowest BCUT2D eigenvalue weighted by Crippen LogP contribution is -2.54. The van der Waals surface area contributed by atoms with Gasteiger partial charge < -0.3 is 9.47 Å². The largest absolute Gasteiger partial charge is 0.497 e. The van der Waals surface area contributed by atoms with Gasteiger partial charge in [0.2, 0.25) is 0 Å². The summed E-state index contributed by atoms with van der Waals surface area (Å²) < 4.78 is 11.2. The summed E-state index contributed by atoms with van der Waals surface area (Å²) in [7, 11) is 3.54. The van der Waals surface area contributed by atoms with Gasteiger partial charge in [-0.25, -0.2) is 0 Å². The molecule has 0 N–H and O–H groups in total. The van der Waals surface area contributed by atoms with Crippen LogP contribution in [0.5, 0.6) is 11.5 Å². The van der Waals surface area contributed by atoms with Crippen molar-refractivity contribution in [2.24, 2.45) is 5.92 Å². The molecule has 0 radical (unpaired) electrons. The number of nitrogens with zero attached hydrogens (tertiary/aromatic N) is 1. The van der Waals surface area contributed by atoms with Gasteiger partial charge in [-0.2, -0.15) is 0 Å². The Labute approximate surface area is 127 Å². The van der Waals surface area contributed by atoms with Crippen molar-refractivity contribution in [3.05, 3.63) is 23.3 Å². The molecule has 2 heterocycles. The Bertz CT molecular complexity index is 540. The predicted octanol–water partition coefficient (Wildman–Crippen LogP) is 3.22. The van der Waals surface area contributed by atoms with Crippen LogP contribution in [0, 0.1) is 5.92 Å². The van der Waals surface area contributed by atoms with Crippen LogP contribution in [0.2, 0.25) is 0 Å². The third-order valence-electron chi connectivity index (χ3n) is 5.84. The van der Waals surface area contributed by atoms with Crippen LogP contribution in [0.4, 0.5) is 0 Å². The first-order valence-corrected chi connectivity index (χ1v) is 8.30. The second-order valence-electron chi connectivity index (χ2n) is 6.78. The summed E-state index contributed by atoms with van der Waals surface area (Å²) in [4.78, 5) is 2.76. The molecule has 1 aromatic rings. The van der Waals surface area contributed by atoms with Crippen molar-refractivity contribution in [3.63, 3.8) is 0 Å².